The van der Waals surface area contributed by atoms with Crippen molar-refractivity contribution in [1.29, 1.82) is 0 Å². The molecule has 330 valence electrons. The molecule has 0 saturated heterocycles. The highest BCUT2D eigenvalue weighted by Crippen LogP contribution is 2.29. The molecular formula is C55H52N2O8. The summed E-state index contributed by atoms with van der Waals surface area (Å²) in [7, 11) is 0. The van der Waals surface area contributed by atoms with E-state index >= 15 is 0 Å². The lowest BCUT2D eigenvalue weighted by molar-refractivity contribution is -0.149. The van der Waals surface area contributed by atoms with Crippen LogP contribution < -0.4 is 20.1 Å². The molecule has 0 bridgehead atoms. The number of ether oxygens (including phenoxy) is 4. The number of alkyl carbamates (subject to hydrolysis) is 1. The van der Waals surface area contributed by atoms with Gasteiger partial charge in [-0.05, 0) is 75.5 Å². The van der Waals surface area contributed by atoms with Gasteiger partial charge in [-0.25, -0.2) is 9.59 Å². The van der Waals surface area contributed by atoms with Crippen molar-refractivity contribution in [3.8, 4) is 17.2 Å². The van der Waals surface area contributed by atoms with Crippen molar-refractivity contribution in [2.75, 3.05) is 0 Å². The maximum Gasteiger partial charge on any atom is 0.408 e. The molecule has 0 unspecified atom stereocenters. The number of hydrogen-bond donors (Lipinski definition) is 3. The molecule has 3 N–H and O–H groups in total. The third-order valence-electron chi connectivity index (χ3n) is 10.7. The Kier molecular flexibility index (Phi) is 16.4. The Morgan fingerprint density at radius 1 is 0.431 bits per heavy atom. The van der Waals surface area contributed by atoms with Gasteiger partial charge in [0.25, 0.3) is 0 Å². The molecule has 7 aromatic carbocycles. The van der Waals surface area contributed by atoms with E-state index in [-0.39, 0.29) is 44.2 Å². The van der Waals surface area contributed by atoms with Crippen molar-refractivity contribution in [1.82, 2.24) is 10.6 Å². The molecule has 7 rings (SSSR count). The van der Waals surface area contributed by atoms with E-state index < -0.39 is 30.1 Å². The second-order valence-corrected chi connectivity index (χ2v) is 15.6. The van der Waals surface area contributed by atoms with E-state index in [1.165, 1.54) is 11.6 Å². The van der Waals surface area contributed by atoms with Gasteiger partial charge in [0.05, 0.1) is 0 Å². The number of benzene rings is 7. The van der Waals surface area contributed by atoms with Crippen LogP contribution in [0.5, 0.6) is 17.2 Å². The molecule has 65 heavy (non-hydrogen) atoms. The van der Waals surface area contributed by atoms with Crippen LogP contribution in [0.3, 0.4) is 0 Å². The fourth-order valence-corrected chi connectivity index (χ4v) is 7.14. The smallest absolute Gasteiger partial charge is 0.408 e. The van der Waals surface area contributed by atoms with Crippen LogP contribution in [0.2, 0.25) is 0 Å². The molecule has 10 heteroatoms. The molecule has 0 radical (unpaired) electrons. The van der Waals surface area contributed by atoms with E-state index in [1.807, 2.05) is 158 Å². The van der Waals surface area contributed by atoms with Crippen LogP contribution in [-0.4, -0.2) is 35.2 Å². The van der Waals surface area contributed by atoms with Gasteiger partial charge in [0.1, 0.15) is 44.3 Å². The molecule has 0 aliphatic carbocycles. The molecule has 0 saturated carbocycles. The largest absolute Gasteiger partial charge is 0.504 e. The molecule has 0 fully saturated rings. The first-order valence-electron chi connectivity index (χ1n) is 21.6. The zero-order valence-electron chi connectivity index (χ0n) is 36.0. The fourth-order valence-electron chi connectivity index (χ4n) is 7.14. The molecule has 0 heterocycles. The summed E-state index contributed by atoms with van der Waals surface area (Å²) in [6.07, 6.45) is 0.714. The summed E-state index contributed by atoms with van der Waals surface area (Å²) < 4.78 is 23.8. The Labute approximate surface area is 379 Å². The maximum absolute atomic E-state index is 14.5. The topological polar surface area (TPSA) is 132 Å². The van der Waals surface area contributed by atoms with Gasteiger partial charge >= 0.3 is 12.1 Å². The minimum absolute atomic E-state index is 0.0112. The molecular weight excluding hydrogens is 817 g/mol. The first kappa shape index (κ1) is 45.2. The SMILES string of the molecule is O=C(N[C@@H](Cc1ccc(O)c(OCc2ccccc2)c1)C(=O)N[C@@H](Cc1ccc(CCc2ccccc2)c(OCc2ccccc2)c1)C(=O)OCc1ccccc1)OCc1ccccc1. The zero-order valence-corrected chi connectivity index (χ0v) is 36.0. The quantitative estimate of drug-likeness (QED) is 0.0609. The second kappa shape index (κ2) is 23.6. The summed E-state index contributed by atoms with van der Waals surface area (Å²) >= 11 is 0. The lowest BCUT2D eigenvalue weighted by Gasteiger charge is -2.23. The monoisotopic (exact) mass is 868 g/mol. The number of rotatable bonds is 21. The van der Waals surface area contributed by atoms with Crippen LogP contribution in [0.15, 0.2) is 188 Å². The number of carbonyl (C=O) groups is 3. The molecule has 0 aromatic heterocycles. The summed E-state index contributed by atoms with van der Waals surface area (Å²) in [5.41, 5.74) is 6.95. The second-order valence-electron chi connectivity index (χ2n) is 15.6. The van der Waals surface area contributed by atoms with E-state index in [1.54, 1.807) is 12.1 Å². The van der Waals surface area contributed by atoms with Crippen LogP contribution >= 0.6 is 0 Å². The lowest BCUT2D eigenvalue weighted by Crippen LogP contribution is -2.53. The van der Waals surface area contributed by atoms with Crippen LogP contribution in [-0.2, 0) is 71.2 Å². The van der Waals surface area contributed by atoms with Crippen LogP contribution in [0.1, 0.15) is 44.5 Å². The average Bonchev–Trinajstić information content (AvgIpc) is 3.35. The van der Waals surface area contributed by atoms with Gasteiger partial charge < -0.3 is 34.7 Å². The first-order valence-corrected chi connectivity index (χ1v) is 21.6. The van der Waals surface area contributed by atoms with Gasteiger partial charge in [-0.1, -0.05) is 170 Å². The van der Waals surface area contributed by atoms with Crippen LogP contribution in [0, 0.1) is 0 Å². The number of esters is 1. The highest BCUT2D eigenvalue weighted by atomic mass is 16.5. The van der Waals surface area contributed by atoms with Crippen molar-refractivity contribution in [3.63, 3.8) is 0 Å². The molecule has 0 aliphatic rings. The van der Waals surface area contributed by atoms with E-state index in [2.05, 4.69) is 22.8 Å². The Morgan fingerprint density at radius 2 is 0.877 bits per heavy atom. The van der Waals surface area contributed by atoms with Crippen molar-refractivity contribution in [2.24, 2.45) is 0 Å². The Hall–Kier alpha value is -7.85. The molecule has 0 aliphatic heterocycles. The van der Waals surface area contributed by atoms with E-state index in [0.29, 0.717) is 17.9 Å². The molecule has 2 atom stereocenters. The molecule has 0 spiro atoms. The first-order chi connectivity index (χ1) is 31.8. The summed E-state index contributed by atoms with van der Waals surface area (Å²) in [4.78, 5) is 42.0. The Morgan fingerprint density at radius 3 is 1.43 bits per heavy atom. The number of nitrogens with one attached hydrogen (secondary N) is 2. The van der Waals surface area contributed by atoms with E-state index in [4.69, 9.17) is 18.9 Å². The molecule has 10 nitrogen and oxygen atoms in total. The molecule has 7 aromatic rings. The number of phenolic OH excluding ortho intramolecular Hbond substituents is 1. The predicted octanol–water partition coefficient (Wildman–Crippen LogP) is 9.64. The predicted molar refractivity (Wildman–Crippen MR) is 249 cm³/mol. The third-order valence-corrected chi connectivity index (χ3v) is 10.7. The number of aromatic hydroxyl groups is 1. The highest BCUT2D eigenvalue weighted by Gasteiger charge is 2.29. The van der Waals surface area contributed by atoms with Gasteiger partial charge in [-0.2, -0.15) is 0 Å². The zero-order chi connectivity index (χ0) is 45.1. The normalized spacial score (nSPS) is 11.7. The Balaban J connectivity index is 1.14. The van der Waals surface area contributed by atoms with E-state index in [0.717, 1.165) is 46.2 Å². The van der Waals surface area contributed by atoms with Gasteiger partial charge in [0, 0.05) is 12.8 Å². The van der Waals surface area contributed by atoms with Gasteiger partial charge in [-0.15, -0.1) is 0 Å². The number of aryl methyl sites for hydroxylation is 2. The summed E-state index contributed by atoms with van der Waals surface area (Å²) in [6.45, 7) is 0.502. The number of hydrogen-bond acceptors (Lipinski definition) is 8. The van der Waals surface area contributed by atoms with E-state index in [9.17, 15) is 19.5 Å². The summed E-state index contributed by atoms with van der Waals surface area (Å²) in [5, 5.41) is 16.3. The summed E-state index contributed by atoms with van der Waals surface area (Å²) in [6, 6.07) is 56.3. The van der Waals surface area contributed by atoms with Crippen molar-refractivity contribution in [3.05, 3.63) is 233 Å². The van der Waals surface area contributed by atoms with Crippen LogP contribution in [0.25, 0.3) is 0 Å². The number of amides is 2. The van der Waals surface area contributed by atoms with Crippen LogP contribution in [0.4, 0.5) is 4.79 Å². The Bertz CT molecular complexity index is 2580. The average molecular weight is 869 g/mol. The number of phenols is 1. The lowest BCUT2D eigenvalue weighted by atomic mass is 9.98. The third kappa shape index (κ3) is 14.3. The van der Waals surface area contributed by atoms with Crippen molar-refractivity contribution in [2.45, 2.75) is 64.2 Å². The highest BCUT2D eigenvalue weighted by molar-refractivity contribution is 5.90. The maximum atomic E-state index is 14.5. The minimum atomic E-state index is -1.22. The van der Waals surface area contributed by atoms with Crippen molar-refractivity contribution >= 4 is 18.0 Å². The molecule has 2 amide bonds. The fraction of sp³-hybridized carbons (Fsp3) is 0.182. The van der Waals surface area contributed by atoms with Gasteiger partial charge in [0.2, 0.25) is 5.91 Å². The van der Waals surface area contributed by atoms with Crippen molar-refractivity contribution < 1.29 is 38.4 Å². The van der Waals surface area contributed by atoms with Gasteiger partial charge in [-0.3, -0.25) is 4.79 Å². The summed E-state index contributed by atoms with van der Waals surface area (Å²) in [5.74, 6) is -0.516. The van der Waals surface area contributed by atoms with Gasteiger partial charge in [0.15, 0.2) is 11.5 Å². The number of carbonyl (C=O) groups excluding carboxylic acids is 3. The minimum Gasteiger partial charge on any atom is -0.504 e. The standard InChI is InChI=1S/C55H52N2O8/c58-50-31-28-46(35-52(50)63-37-42-20-10-3-11-21-42)32-48(57-55(61)65-39-44-24-14-5-15-25-44)53(59)56-49(54(60)64-38-43-22-12-4-13-23-43)33-45-27-30-47(29-26-40-16-6-1-7-17-40)51(34-45)62-36-41-18-8-2-9-19-41/h1-25,27-28,30-31,34-35,48-49,58H,26,29,32-33,36-39H2,(H,56,59)(H,57,61)/t48-,49-/m0/s1.